The number of nitrogens with zero attached hydrogens (tertiary/aromatic N) is 4. The zero-order valence-electron chi connectivity index (χ0n) is 17.6. The molecule has 0 aliphatic carbocycles. The van der Waals surface area contributed by atoms with Crippen molar-refractivity contribution in [3.63, 3.8) is 0 Å². The van der Waals surface area contributed by atoms with Crippen molar-refractivity contribution >= 4 is 17.7 Å². The van der Waals surface area contributed by atoms with Crippen molar-refractivity contribution in [3.05, 3.63) is 54.1 Å². The van der Waals surface area contributed by atoms with Crippen LogP contribution in [0.25, 0.3) is 11.1 Å². The van der Waals surface area contributed by atoms with E-state index in [-0.39, 0.29) is 12.1 Å². The summed E-state index contributed by atoms with van der Waals surface area (Å²) in [5.41, 5.74) is 1.51. The van der Waals surface area contributed by atoms with E-state index in [1.165, 1.54) is 0 Å². The maximum atomic E-state index is 12.9. The number of carbonyl (C=O) groups is 1. The first-order valence-corrected chi connectivity index (χ1v) is 9.80. The molecular weight excluding hydrogens is 425 g/mol. The number of halogens is 3. The number of cyclic esters (lactones) is 1. The van der Waals surface area contributed by atoms with Gasteiger partial charge in [-0.1, -0.05) is 6.07 Å². The predicted molar refractivity (Wildman–Crippen MR) is 110 cm³/mol. The minimum atomic E-state index is -4.55. The highest BCUT2D eigenvalue weighted by Gasteiger charge is 2.41. The lowest BCUT2D eigenvalue weighted by Gasteiger charge is -2.23. The van der Waals surface area contributed by atoms with E-state index in [0.717, 1.165) is 29.0 Å². The van der Waals surface area contributed by atoms with Crippen molar-refractivity contribution in [2.75, 3.05) is 5.32 Å². The normalized spacial score (nSPS) is 17.7. The molecule has 1 aliphatic heterocycles. The molecule has 0 bridgehead atoms. The van der Waals surface area contributed by atoms with Gasteiger partial charge >= 0.3 is 12.3 Å². The zero-order chi connectivity index (χ0) is 23.1. The van der Waals surface area contributed by atoms with E-state index < -0.39 is 23.5 Å². The van der Waals surface area contributed by atoms with Gasteiger partial charge in [-0.3, -0.25) is 4.68 Å². The summed E-state index contributed by atoms with van der Waals surface area (Å²) in [5.74, 6) is -0.148. The van der Waals surface area contributed by atoms with Gasteiger partial charge in [0.1, 0.15) is 11.8 Å². The van der Waals surface area contributed by atoms with E-state index in [0.29, 0.717) is 12.2 Å². The molecule has 0 unspecified atom stereocenters. The second kappa shape index (κ2) is 7.81. The lowest BCUT2D eigenvalue weighted by molar-refractivity contribution is -0.141. The van der Waals surface area contributed by atoms with Crippen LogP contribution in [0, 0.1) is 6.92 Å². The van der Waals surface area contributed by atoms with Crippen LogP contribution in [0.2, 0.25) is 0 Å². The third kappa shape index (κ3) is 4.66. The molecule has 3 heterocycles. The molecule has 168 valence electrons. The summed E-state index contributed by atoms with van der Waals surface area (Å²) in [7, 11) is 0. The summed E-state index contributed by atoms with van der Waals surface area (Å²) < 4.78 is 45.8. The third-order valence-corrected chi connectivity index (χ3v) is 5.08. The smallest absolute Gasteiger partial charge is 0.433 e. The Labute approximate surface area is 181 Å². The number of nitrogens with one attached hydrogen (secondary N) is 2. The highest BCUT2D eigenvalue weighted by atomic mass is 19.4. The first-order valence-electron chi connectivity index (χ1n) is 9.80. The number of rotatable bonds is 5. The fourth-order valence-corrected chi connectivity index (χ4v) is 3.43. The SMILES string of the molecule is Cc1cc(Nc2nccc(C(F)(F)F)n2)cc(-c2cnn(C[C@@H]3OC(=O)NC3(C)C)c2)c1. The van der Waals surface area contributed by atoms with Gasteiger partial charge in [0.05, 0.1) is 18.3 Å². The fraction of sp³-hybridized carbons (Fsp3) is 0.333. The van der Waals surface area contributed by atoms with E-state index in [1.807, 2.05) is 33.0 Å². The maximum absolute atomic E-state index is 12.9. The standard InChI is InChI=1S/C21H21F3N6O2/c1-12-6-13(8-15(7-12)27-18-25-5-4-16(28-18)21(22,23)24)14-9-26-30(10-14)11-17-20(2,3)29-19(31)32-17/h4-10,17H,11H2,1-3H3,(H,29,31)(H,25,27,28)/t17-/m0/s1. The first-order chi connectivity index (χ1) is 15.0. The quantitative estimate of drug-likeness (QED) is 0.607. The average molecular weight is 446 g/mol. The molecule has 1 aromatic carbocycles. The highest BCUT2D eigenvalue weighted by molar-refractivity contribution is 5.71. The van der Waals surface area contributed by atoms with Crippen LogP contribution >= 0.6 is 0 Å². The molecule has 0 spiro atoms. The molecule has 1 saturated heterocycles. The number of ether oxygens (including phenoxy) is 1. The number of benzene rings is 1. The molecule has 32 heavy (non-hydrogen) atoms. The summed E-state index contributed by atoms with van der Waals surface area (Å²) in [4.78, 5) is 19.0. The Kier molecular flexibility index (Phi) is 5.27. The van der Waals surface area contributed by atoms with Gasteiger partial charge in [0, 0.05) is 23.6 Å². The summed E-state index contributed by atoms with van der Waals surface area (Å²) in [6, 6.07) is 6.31. The van der Waals surface area contributed by atoms with E-state index in [9.17, 15) is 18.0 Å². The van der Waals surface area contributed by atoms with E-state index in [1.54, 1.807) is 23.0 Å². The van der Waals surface area contributed by atoms with Crippen LogP contribution in [0.1, 0.15) is 25.1 Å². The van der Waals surface area contributed by atoms with Crippen LogP contribution in [0.5, 0.6) is 0 Å². The van der Waals surface area contributed by atoms with Gasteiger partial charge in [0.15, 0.2) is 0 Å². The molecular formula is C21H21F3N6O2. The molecule has 3 aromatic rings. The minimum absolute atomic E-state index is 0.148. The Morgan fingerprint density at radius 2 is 2.03 bits per heavy atom. The van der Waals surface area contributed by atoms with Gasteiger partial charge in [-0.25, -0.2) is 14.8 Å². The first kappa shape index (κ1) is 21.6. The van der Waals surface area contributed by atoms with Crippen LogP contribution in [-0.4, -0.2) is 37.5 Å². The van der Waals surface area contributed by atoms with Gasteiger partial charge < -0.3 is 15.4 Å². The summed E-state index contributed by atoms with van der Waals surface area (Å²) in [5, 5.41) is 9.95. The van der Waals surface area contributed by atoms with Gasteiger partial charge in [-0.05, 0) is 50.1 Å². The largest absolute Gasteiger partial charge is 0.442 e. The number of aryl methyl sites for hydroxylation is 1. The zero-order valence-corrected chi connectivity index (χ0v) is 17.6. The Morgan fingerprint density at radius 1 is 1.25 bits per heavy atom. The fourth-order valence-electron chi connectivity index (χ4n) is 3.43. The van der Waals surface area contributed by atoms with Crippen molar-refractivity contribution in [3.8, 4) is 11.1 Å². The van der Waals surface area contributed by atoms with Crippen LogP contribution in [0.3, 0.4) is 0 Å². The van der Waals surface area contributed by atoms with Crippen molar-refractivity contribution in [2.45, 2.75) is 45.1 Å². The number of alkyl halides is 3. The lowest BCUT2D eigenvalue weighted by atomic mass is 9.99. The topological polar surface area (TPSA) is 94.0 Å². The molecule has 4 rings (SSSR count). The Hall–Kier alpha value is -3.63. The minimum Gasteiger partial charge on any atom is -0.442 e. The molecule has 2 N–H and O–H groups in total. The average Bonchev–Trinajstić information content (AvgIpc) is 3.24. The molecule has 2 aromatic heterocycles. The van der Waals surface area contributed by atoms with Crippen LogP contribution in [-0.2, 0) is 17.5 Å². The van der Waals surface area contributed by atoms with E-state index in [4.69, 9.17) is 4.74 Å². The molecule has 1 aliphatic rings. The Morgan fingerprint density at radius 3 is 2.72 bits per heavy atom. The number of carbonyl (C=O) groups excluding carboxylic acids is 1. The number of amides is 1. The van der Waals surface area contributed by atoms with E-state index in [2.05, 4.69) is 25.7 Å². The summed E-state index contributed by atoms with van der Waals surface area (Å²) >= 11 is 0. The molecule has 11 heteroatoms. The molecule has 8 nitrogen and oxygen atoms in total. The molecule has 0 radical (unpaired) electrons. The van der Waals surface area contributed by atoms with Crippen molar-refractivity contribution in [2.24, 2.45) is 0 Å². The van der Waals surface area contributed by atoms with Gasteiger partial charge in [0.2, 0.25) is 5.95 Å². The molecule has 1 fully saturated rings. The number of alkyl carbamates (subject to hydrolysis) is 1. The van der Waals surface area contributed by atoms with Crippen LogP contribution < -0.4 is 10.6 Å². The number of anilines is 2. The summed E-state index contributed by atoms with van der Waals surface area (Å²) in [6.45, 7) is 6.00. The summed E-state index contributed by atoms with van der Waals surface area (Å²) in [6.07, 6.45) is -0.832. The van der Waals surface area contributed by atoms with Gasteiger partial charge in [-0.2, -0.15) is 18.3 Å². The molecule has 0 saturated carbocycles. The monoisotopic (exact) mass is 446 g/mol. The third-order valence-electron chi connectivity index (χ3n) is 5.08. The van der Waals surface area contributed by atoms with Gasteiger partial charge in [-0.15, -0.1) is 0 Å². The molecule has 1 amide bonds. The van der Waals surface area contributed by atoms with Crippen molar-refractivity contribution in [1.82, 2.24) is 25.1 Å². The Bertz CT molecular complexity index is 1160. The van der Waals surface area contributed by atoms with Crippen LogP contribution in [0.15, 0.2) is 42.9 Å². The lowest BCUT2D eigenvalue weighted by Crippen LogP contribution is -2.44. The van der Waals surface area contributed by atoms with E-state index >= 15 is 0 Å². The number of hydrogen-bond acceptors (Lipinski definition) is 6. The van der Waals surface area contributed by atoms with Gasteiger partial charge in [0.25, 0.3) is 0 Å². The highest BCUT2D eigenvalue weighted by Crippen LogP contribution is 2.30. The van der Waals surface area contributed by atoms with Crippen LogP contribution in [0.4, 0.5) is 29.6 Å². The molecule has 1 atom stereocenters. The second-order valence-corrected chi connectivity index (χ2v) is 8.17. The number of hydrogen-bond donors (Lipinski definition) is 2. The van der Waals surface area contributed by atoms with Crippen molar-refractivity contribution < 1.29 is 22.7 Å². The second-order valence-electron chi connectivity index (χ2n) is 8.17. The van der Waals surface area contributed by atoms with Crippen molar-refractivity contribution in [1.29, 1.82) is 0 Å². The maximum Gasteiger partial charge on any atom is 0.433 e. The number of aromatic nitrogens is 4. The predicted octanol–water partition coefficient (Wildman–Crippen LogP) is 4.30. The Balaban J connectivity index is 1.54.